The summed E-state index contributed by atoms with van der Waals surface area (Å²) < 4.78 is 0. The van der Waals surface area contributed by atoms with Gasteiger partial charge in [-0.2, -0.15) is 0 Å². The van der Waals surface area contributed by atoms with Gasteiger partial charge in [-0.15, -0.1) is 0 Å². The molecule has 0 saturated heterocycles. The predicted octanol–water partition coefficient (Wildman–Crippen LogP) is 1.57. The second-order valence-electron chi connectivity index (χ2n) is 0. The minimum atomic E-state index is 0. The standard InChI is InChI=1S/2Ag.ClI/c;;1-2. The molecule has 0 heterocycles. The molecule has 0 aliphatic carbocycles. The van der Waals surface area contributed by atoms with Crippen molar-refractivity contribution in [1.82, 2.24) is 0 Å². The molecular formula is Ag2ClI. The van der Waals surface area contributed by atoms with E-state index in [4.69, 9.17) is 0 Å². The van der Waals surface area contributed by atoms with Crippen LogP contribution in [0.1, 0.15) is 0 Å². The van der Waals surface area contributed by atoms with Gasteiger partial charge in [0.1, 0.15) is 0 Å². The minimum absolute atomic E-state index is 0. The summed E-state index contributed by atoms with van der Waals surface area (Å²) in [4.78, 5) is 0. The van der Waals surface area contributed by atoms with Crippen LogP contribution in [0.2, 0.25) is 0 Å². The molecule has 0 aromatic rings. The molecular weight excluding hydrogens is 378 g/mol. The molecule has 0 aliphatic heterocycles. The van der Waals surface area contributed by atoms with Gasteiger partial charge in [-0.3, -0.25) is 0 Å². The van der Waals surface area contributed by atoms with E-state index >= 15 is 0 Å². The largest absolute Gasteiger partial charge is 0.0425 e. The van der Waals surface area contributed by atoms with Crippen molar-refractivity contribution in [1.29, 1.82) is 0 Å². The van der Waals surface area contributed by atoms with Gasteiger partial charge in [0, 0.05) is 66.2 Å². The monoisotopic (exact) mass is 376 g/mol. The van der Waals surface area contributed by atoms with Gasteiger partial charge in [-0.1, -0.05) is 0 Å². The van der Waals surface area contributed by atoms with Gasteiger partial charge in [0.25, 0.3) is 0 Å². The van der Waals surface area contributed by atoms with Crippen LogP contribution < -0.4 is 0 Å². The first-order valence-electron chi connectivity index (χ1n) is 0.143. The fraction of sp³-hybridized carbons (Fsp3) is 0. The molecule has 0 aliphatic rings. The normalized spacial score (nSPS) is 1.50. The summed E-state index contributed by atoms with van der Waals surface area (Å²) in [6.45, 7) is 0. The average molecular weight is 378 g/mol. The van der Waals surface area contributed by atoms with Gasteiger partial charge in [-0.25, -0.2) is 0 Å². The summed E-state index contributed by atoms with van der Waals surface area (Å²) in [5.74, 6) is 0. The summed E-state index contributed by atoms with van der Waals surface area (Å²) >= 11 is 1.62. The quantitative estimate of drug-likeness (QED) is 0.444. The number of hydrogen-bond acceptors (Lipinski definition) is 0. The van der Waals surface area contributed by atoms with Crippen molar-refractivity contribution in [2.24, 2.45) is 0 Å². The third-order valence-electron chi connectivity index (χ3n) is 0. The van der Waals surface area contributed by atoms with Gasteiger partial charge in [0.15, 0.2) is 0 Å². The summed E-state index contributed by atoms with van der Waals surface area (Å²) in [7, 11) is 4.61. The van der Waals surface area contributed by atoms with E-state index in [-0.39, 0.29) is 44.8 Å². The SMILES string of the molecule is ClI.[Ag].[Ag]. The molecule has 0 saturated carbocycles. The zero-order chi connectivity index (χ0) is 2.00. The van der Waals surface area contributed by atoms with Gasteiger partial charge in [0.2, 0.25) is 0 Å². The molecule has 0 amide bonds. The Hall–Kier alpha value is 2.50. The summed E-state index contributed by atoms with van der Waals surface area (Å²) in [5, 5.41) is 0. The molecule has 36 valence electrons. The molecule has 2 radical (unpaired) electrons. The van der Waals surface area contributed by atoms with E-state index in [2.05, 4.69) is 8.91 Å². The third kappa shape index (κ3) is 8.82. The Bertz CT molecular complexity index is 6.00. The summed E-state index contributed by atoms with van der Waals surface area (Å²) in [6.07, 6.45) is 0. The second kappa shape index (κ2) is 17.8. The van der Waals surface area contributed by atoms with E-state index in [0.29, 0.717) is 0 Å². The average Bonchev–Trinajstić information content (AvgIpc) is 1.00. The van der Waals surface area contributed by atoms with Crippen molar-refractivity contribution in [2.75, 3.05) is 0 Å². The molecule has 4 heavy (non-hydrogen) atoms. The van der Waals surface area contributed by atoms with Gasteiger partial charge < -0.3 is 0 Å². The zero-order valence-corrected chi connectivity index (χ0v) is 7.24. The molecule has 0 aromatic heterocycles. The molecule has 0 spiro atoms. The first-order chi connectivity index (χ1) is 1.00. The van der Waals surface area contributed by atoms with E-state index in [1.165, 1.54) is 0 Å². The van der Waals surface area contributed by atoms with Crippen LogP contribution in [-0.2, 0) is 44.8 Å². The maximum Gasteiger partial charge on any atom is 0.0425 e. The fourth-order valence-electron chi connectivity index (χ4n) is 0. The van der Waals surface area contributed by atoms with Crippen LogP contribution in [0.3, 0.4) is 0 Å². The Morgan fingerprint density at radius 3 is 1.00 bits per heavy atom. The molecule has 0 atom stereocenters. The molecule has 4 heteroatoms. The Kier molecular flexibility index (Phi) is 71.5. The molecule has 0 bridgehead atoms. The number of halogens is 2. The van der Waals surface area contributed by atoms with E-state index in [1.54, 1.807) is 21.5 Å². The van der Waals surface area contributed by atoms with Crippen LogP contribution in [0.15, 0.2) is 0 Å². The van der Waals surface area contributed by atoms with E-state index in [0.717, 1.165) is 0 Å². The maximum atomic E-state index is 4.61. The van der Waals surface area contributed by atoms with E-state index < -0.39 is 0 Å². The van der Waals surface area contributed by atoms with Crippen molar-refractivity contribution < 1.29 is 44.8 Å². The van der Waals surface area contributed by atoms with Crippen LogP contribution in [0.25, 0.3) is 0 Å². The van der Waals surface area contributed by atoms with Crippen molar-refractivity contribution in [3.63, 3.8) is 0 Å². The molecule has 0 fully saturated rings. The Morgan fingerprint density at radius 1 is 1.00 bits per heavy atom. The number of hydrogen-bond donors (Lipinski definition) is 0. The molecule has 0 rings (SSSR count). The van der Waals surface area contributed by atoms with Gasteiger partial charge >= 0.3 is 0 Å². The first-order valence-corrected chi connectivity index (χ1v) is 2.87. The molecule has 0 nitrogen and oxygen atoms in total. The van der Waals surface area contributed by atoms with E-state index in [1.807, 2.05) is 0 Å². The van der Waals surface area contributed by atoms with Crippen molar-refractivity contribution in [3.05, 3.63) is 0 Å². The third-order valence-corrected chi connectivity index (χ3v) is 0. The minimum Gasteiger partial charge on any atom is -0.0425 e. The van der Waals surface area contributed by atoms with Crippen molar-refractivity contribution >= 4 is 30.4 Å². The Labute approximate surface area is 73.9 Å². The molecule has 0 unspecified atom stereocenters. The second-order valence-corrected chi connectivity index (χ2v) is 0. The number of rotatable bonds is 0. The predicted molar refractivity (Wildman–Crippen MR) is 19.9 cm³/mol. The smallest absolute Gasteiger partial charge is 0.0425 e. The molecule has 0 N–H and O–H groups in total. The van der Waals surface area contributed by atoms with Crippen molar-refractivity contribution in [3.8, 4) is 0 Å². The zero-order valence-electron chi connectivity index (χ0n) is 1.36. The van der Waals surface area contributed by atoms with Crippen LogP contribution in [0.5, 0.6) is 0 Å². The van der Waals surface area contributed by atoms with Crippen LogP contribution in [-0.4, -0.2) is 0 Å². The Balaban J connectivity index is -0.00000000500. The Morgan fingerprint density at radius 2 is 1.00 bits per heavy atom. The van der Waals surface area contributed by atoms with Crippen molar-refractivity contribution in [2.45, 2.75) is 0 Å². The fourth-order valence-corrected chi connectivity index (χ4v) is 0. The summed E-state index contributed by atoms with van der Waals surface area (Å²) in [6, 6.07) is 0. The van der Waals surface area contributed by atoms with Gasteiger partial charge in [0.05, 0.1) is 0 Å². The van der Waals surface area contributed by atoms with E-state index in [9.17, 15) is 0 Å². The van der Waals surface area contributed by atoms with Crippen LogP contribution in [0.4, 0.5) is 0 Å². The van der Waals surface area contributed by atoms with Crippen LogP contribution in [0, 0.1) is 0 Å². The van der Waals surface area contributed by atoms with Crippen LogP contribution >= 0.6 is 30.4 Å². The molecule has 0 aromatic carbocycles. The van der Waals surface area contributed by atoms with Gasteiger partial charge in [-0.05, 0) is 8.91 Å². The topological polar surface area (TPSA) is 0 Å². The summed E-state index contributed by atoms with van der Waals surface area (Å²) in [5.41, 5.74) is 0. The maximum absolute atomic E-state index is 4.61. The first kappa shape index (κ1) is 16.1.